The molecule has 0 aromatic heterocycles. The van der Waals surface area contributed by atoms with Crippen LogP contribution in [0.3, 0.4) is 0 Å². The maximum Gasteiger partial charge on any atom is 0.233 e. The third-order valence-corrected chi connectivity index (χ3v) is 3.19. The molecule has 2 rings (SSSR count). The van der Waals surface area contributed by atoms with Crippen molar-refractivity contribution in [1.29, 1.82) is 0 Å². The second-order valence-corrected chi connectivity index (χ2v) is 5.98. The Balaban J connectivity index is 2.21. The molecule has 0 saturated carbocycles. The molecule has 1 heterocycles. The van der Waals surface area contributed by atoms with Crippen LogP contribution in [-0.4, -0.2) is 23.9 Å². The molecule has 1 aromatic rings. The lowest BCUT2D eigenvalue weighted by Gasteiger charge is -2.24. The minimum Gasteiger partial charge on any atom is -0.355 e. The van der Waals surface area contributed by atoms with E-state index in [1.807, 2.05) is 51.1 Å². The molecule has 0 unspecified atom stereocenters. The van der Waals surface area contributed by atoms with Crippen LogP contribution in [0, 0.1) is 5.92 Å². The minimum absolute atomic E-state index is 0.0870. The summed E-state index contributed by atoms with van der Waals surface area (Å²) in [7, 11) is 0. The summed E-state index contributed by atoms with van der Waals surface area (Å²) >= 11 is 0. The molecule has 1 aliphatic rings. The van der Waals surface area contributed by atoms with Gasteiger partial charge in [-0.15, -0.1) is 0 Å². The van der Waals surface area contributed by atoms with Crippen LogP contribution in [-0.2, 0) is 9.59 Å². The van der Waals surface area contributed by atoms with Crippen LogP contribution in [0.5, 0.6) is 0 Å². The van der Waals surface area contributed by atoms with E-state index in [9.17, 15) is 9.59 Å². The van der Waals surface area contributed by atoms with Crippen LogP contribution >= 0.6 is 0 Å². The van der Waals surface area contributed by atoms with Gasteiger partial charge in [-0.2, -0.15) is 0 Å². The van der Waals surface area contributed by atoms with Crippen LogP contribution in [0.25, 0.3) is 0 Å². The zero-order valence-electron chi connectivity index (χ0n) is 11.6. The van der Waals surface area contributed by atoms with E-state index in [4.69, 9.17) is 0 Å². The SMILES string of the molecule is CC(C)(C)NC(=O)[C@@H]1C(=O)NC[C@@H]1c1ccccc1. The van der Waals surface area contributed by atoms with Gasteiger partial charge in [0.15, 0.2) is 0 Å². The Kier molecular flexibility index (Phi) is 3.60. The number of benzene rings is 1. The first-order valence-electron chi connectivity index (χ1n) is 6.53. The molecule has 0 spiro atoms. The van der Waals surface area contributed by atoms with Crippen LogP contribution in [0.4, 0.5) is 0 Å². The van der Waals surface area contributed by atoms with Crippen LogP contribution in [0.1, 0.15) is 32.3 Å². The van der Waals surface area contributed by atoms with Gasteiger partial charge in [-0.1, -0.05) is 30.3 Å². The Morgan fingerprint density at radius 3 is 2.47 bits per heavy atom. The fraction of sp³-hybridized carbons (Fsp3) is 0.467. The Morgan fingerprint density at radius 2 is 1.89 bits per heavy atom. The van der Waals surface area contributed by atoms with Crippen molar-refractivity contribution in [2.75, 3.05) is 6.54 Å². The van der Waals surface area contributed by atoms with Crippen LogP contribution in [0.15, 0.2) is 30.3 Å². The van der Waals surface area contributed by atoms with Crippen molar-refractivity contribution in [2.24, 2.45) is 5.92 Å². The van der Waals surface area contributed by atoms with Crippen LogP contribution in [0.2, 0.25) is 0 Å². The second kappa shape index (κ2) is 5.03. The van der Waals surface area contributed by atoms with Gasteiger partial charge in [0.1, 0.15) is 5.92 Å². The van der Waals surface area contributed by atoms with E-state index >= 15 is 0 Å². The van der Waals surface area contributed by atoms with Gasteiger partial charge in [0.05, 0.1) is 0 Å². The highest BCUT2D eigenvalue weighted by Gasteiger charge is 2.41. The molecule has 0 bridgehead atoms. The highest BCUT2D eigenvalue weighted by atomic mass is 16.2. The lowest BCUT2D eigenvalue weighted by molar-refractivity contribution is -0.134. The van der Waals surface area contributed by atoms with Crippen molar-refractivity contribution in [2.45, 2.75) is 32.2 Å². The largest absolute Gasteiger partial charge is 0.355 e. The Morgan fingerprint density at radius 1 is 1.26 bits per heavy atom. The van der Waals surface area contributed by atoms with Gasteiger partial charge in [-0.25, -0.2) is 0 Å². The van der Waals surface area contributed by atoms with E-state index in [0.717, 1.165) is 5.56 Å². The monoisotopic (exact) mass is 260 g/mol. The van der Waals surface area contributed by atoms with Gasteiger partial charge in [0.25, 0.3) is 0 Å². The number of carbonyl (C=O) groups excluding carboxylic acids is 2. The van der Waals surface area contributed by atoms with E-state index < -0.39 is 5.92 Å². The molecule has 4 heteroatoms. The van der Waals surface area contributed by atoms with Gasteiger partial charge in [-0.3, -0.25) is 9.59 Å². The normalized spacial score (nSPS) is 23.0. The summed E-state index contributed by atoms with van der Waals surface area (Å²) in [5, 5.41) is 5.68. The van der Waals surface area contributed by atoms with Crippen molar-refractivity contribution >= 4 is 11.8 Å². The molecule has 2 amide bonds. The predicted molar refractivity (Wildman–Crippen MR) is 73.6 cm³/mol. The standard InChI is InChI=1S/C15H20N2O2/c1-15(2,3)17-14(19)12-11(9-16-13(12)18)10-7-5-4-6-8-10/h4-8,11-12H,9H2,1-3H3,(H,16,18)(H,17,19)/t11-,12+/m1/s1. The Hall–Kier alpha value is -1.84. The molecule has 2 N–H and O–H groups in total. The Labute approximate surface area is 113 Å². The zero-order chi connectivity index (χ0) is 14.0. The summed E-state index contributed by atoms with van der Waals surface area (Å²) in [6.07, 6.45) is 0. The fourth-order valence-electron chi connectivity index (χ4n) is 2.38. The van der Waals surface area contributed by atoms with Crippen molar-refractivity contribution in [1.82, 2.24) is 10.6 Å². The molecule has 2 atom stereocenters. The summed E-state index contributed by atoms with van der Waals surface area (Å²) in [5.74, 6) is -1.11. The van der Waals surface area contributed by atoms with Gasteiger partial charge in [0, 0.05) is 18.0 Å². The lowest BCUT2D eigenvalue weighted by Crippen LogP contribution is -2.46. The number of carbonyl (C=O) groups is 2. The molecule has 1 saturated heterocycles. The van der Waals surface area contributed by atoms with Crippen molar-refractivity contribution in [3.8, 4) is 0 Å². The fourth-order valence-corrected chi connectivity index (χ4v) is 2.38. The third kappa shape index (κ3) is 3.13. The highest BCUT2D eigenvalue weighted by Crippen LogP contribution is 2.29. The first-order valence-corrected chi connectivity index (χ1v) is 6.53. The maximum atomic E-state index is 12.3. The Bertz CT molecular complexity index is 477. The number of rotatable bonds is 2. The third-order valence-electron chi connectivity index (χ3n) is 3.19. The topological polar surface area (TPSA) is 58.2 Å². The molecular formula is C15H20N2O2. The predicted octanol–water partition coefficient (Wildman–Crippen LogP) is 1.43. The van der Waals surface area contributed by atoms with Crippen molar-refractivity contribution in [3.63, 3.8) is 0 Å². The highest BCUT2D eigenvalue weighted by molar-refractivity contribution is 6.03. The molecule has 1 fully saturated rings. The quantitative estimate of drug-likeness (QED) is 0.790. The first-order chi connectivity index (χ1) is 8.88. The summed E-state index contributed by atoms with van der Waals surface area (Å²) in [4.78, 5) is 24.2. The zero-order valence-corrected chi connectivity index (χ0v) is 11.6. The van der Waals surface area contributed by atoms with E-state index in [-0.39, 0.29) is 23.3 Å². The van der Waals surface area contributed by atoms with Gasteiger partial charge in [-0.05, 0) is 26.3 Å². The van der Waals surface area contributed by atoms with E-state index in [1.54, 1.807) is 0 Å². The number of hydrogen-bond donors (Lipinski definition) is 2. The van der Waals surface area contributed by atoms with E-state index in [1.165, 1.54) is 0 Å². The maximum absolute atomic E-state index is 12.3. The summed E-state index contributed by atoms with van der Waals surface area (Å²) in [5.41, 5.74) is 0.691. The van der Waals surface area contributed by atoms with Crippen LogP contribution < -0.4 is 10.6 Å². The van der Waals surface area contributed by atoms with Gasteiger partial charge in [0.2, 0.25) is 11.8 Å². The van der Waals surface area contributed by atoms with Crippen molar-refractivity contribution < 1.29 is 9.59 Å². The summed E-state index contributed by atoms with van der Waals surface area (Å²) in [6, 6.07) is 9.70. The average Bonchev–Trinajstić information content (AvgIpc) is 2.70. The smallest absolute Gasteiger partial charge is 0.233 e. The molecular weight excluding hydrogens is 240 g/mol. The summed E-state index contributed by atoms with van der Waals surface area (Å²) < 4.78 is 0. The number of nitrogens with one attached hydrogen (secondary N) is 2. The molecule has 0 radical (unpaired) electrons. The van der Waals surface area contributed by atoms with E-state index in [0.29, 0.717) is 6.54 Å². The number of amides is 2. The van der Waals surface area contributed by atoms with Crippen molar-refractivity contribution in [3.05, 3.63) is 35.9 Å². The second-order valence-electron chi connectivity index (χ2n) is 5.98. The lowest BCUT2D eigenvalue weighted by atomic mass is 9.87. The molecule has 4 nitrogen and oxygen atoms in total. The molecule has 1 aliphatic heterocycles. The van der Waals surface area contributed by atoms with Gasteiger partial charge >= 0.3 is 0 Å². The average molecular weight is 260 g/mol. The molecule has 1 aromatic carbocycles. The van der Waals surface area contributed by atoms with Gasteiger partial charge < -0.3 is 10.6 Å². The molecule has 102 valence electrons. The molecule has 19 heavy (non-hydrogen) atoms. The van der Waals surface area contributed by atoms with E-state index in [2.05, 4.69) is 10.6 Å². The number of hydrogen-bond acceptors (Lipinski definition) is 2. The first kappa shape index (κ1) is 13.6. The molecule has 0 aliphatic carbocycles. The summed E-state index contributed by atoms with van der Waals surface area (Å²) in [6.45, 7) is 6.25. The minimum atomic E-state index is -0.637.